The lowest BCUT2D eigenvalue weighted by molar-refractivity contribution is 0.446. The molecular weight excluding hydrogens is 1530 g/mol. The van der Waals surface area contributed by atoms with E-state index in [2.05, 4.69) is 420 Å². The molecule has 0 spiro atoms. The normalized spacial score (nSPS) is 12.8. The Bertz CT molecular complexity index is 7450. The number of ether oxygens (including phenoxy) is 4. The lowest BCUT2D eigenvalue weighted by Gasteiger charge is -2.38. The lowest BCUT2D eigenvalue weighted by Crippen LogP contribution is -2.28. The molecular formula is C117H76N4O4. The van der Waals surface area contributed by atoms with Gasteiger partial charge < -0.3 is 28.7 Å². The molecule has 0 atom stereocenters. The number of hydrogen-bond donors (Lipinski definition) is 0. The maximum atomic E-state index is 6.73. The van der Waals surface area contributed by atoms with Crippen LogP contribution in [0, 0.1) is 0 Å². The first-order valence-corrected chi connectivity index (χ1v) is 42.5. The molecule has 8 nitrogen and oxygen atoms in total. The number of hydrogen-bond acceptors (Lipinski definition) is 8. The van der Waals surface area contributed by atoms with E-state index in [-0.39, 0.29) is 0 Å². The van der Waals surface area contributed by atoms with E-state index in [9.17, 15) is 0 Å². The molecule has 25 rings (SSSR count). The van der Waals surface area contributed by atoms with Crippen LogP contribution in [0.4, 0.5) is 68.2 Å². The van der Waals surface area contributed by atoms with Gasteiger partial charge in [0.25, 0.3) is 0 Å². The number of fused-ring (bicyclic) bond motifs is 14. The van der Waals surface area contributed by atoms with Crippen LogP contribution in [0.1, 0.15) is 22.3 Å². The van der Waals surface area contributed by atoms with E-state index in [0.29, 0.717) is 0 Å². The van der Waals surface area contributed by atoms with Crippen LogP contribution in [0.15, 0.2) is 461 Å². The fraction of sp³-hybridized carbons (Fsp3) is 0.00855. The van der Waals surface area contributed by atoms with E-state index in [1.165, 1.54) is 82.7 Å². The van der Waals surface area contributed by atoms with E-state index >= 15 is 0 Å². The predicted octanol–water partition coefficient (Wildman–Crippen LogP) is 32.7. The summed E-state index contributed by atoms with van der Waals surface area (Å²) in [7, 11) is 0. The van der Waals surface area contributed by atoms with Gasteiger partial charge in [-0.05, 0) is 251 Å². The predicted molar refractivity (Wildman–Crippen MR) is 511 cm³/mol. The van der Waals surface area contributed by atoms with Gasteiger partial charge in [0.15, 0.2) is 46.0 Å². The minimum Gasteiger partial charge on any atom is -0.453 e. The molecule has 588 valence electrons. The summed E-state index contributed by atoms with van der Waals surface area (Å²) in [4.78, 5) is 9.31. The van der Waals surface area contributed by atoms with Gasteiger partial charge in [0.2, 0.25) is 0 Å². The van der Waals surface area contributed by atoms with Crippen molar-refractivity contribution in [1.82, 2.24) is 0 Å². The van der Waals surface area contributed by atoms with Crippen LogP contribution < -0.4 is 38.5 Å². The van der Waals surface area contributed by atoms with Crippen molar-refractivity contribution in [2.24, 2.45) is 0 Å². The Labute approximate surface area is 725 Å². The van der Waals surface area contributed by atoms with Gasteiger partial charge in [0.05, 0.1) is 33.9 Å². The summed E-state index contributed by atoms with van der Waals surface area (Å²) in [5.74, 6) is 6.24. The van der Waals surface area contributed by atoms with E-state index < -0.39 is 5.41 Å². The van der Waals surface area contributed by atoms with E-state index in [1.54, 1.807) is 0 Å². The van der Waals surface area contributed by atoms with Crippen LogP contribution in [0.3, 0.4) is 0 Å². The van der Waals surface area contributed by atoms with Gasteiger partial charge in [0, 0.05) is 33.8 Å². The van der Waals surface area contributed by atoms with E-state index in [4.69, 9.17) is 18.9 Å². The quantitative estimate of drug-likeness (QED) is 0.106. The molecule has 0 N–H and O–H groups in total. The van der Waals surface area contributed by atoms with E-state index in [0.717, 1.165) is 142 Å². The third kappa shape index (κ3) is 12.3. The summed E-state index contributed by atoms with van der Waals surface area (Å²) >= 11 is 0. The van der Waals surface area contributed by atoms with Crippen molar-refractivity contribution in [1.29, 1.82) is 0 Å². The van der Waals surface area contributed by atoms with Gasteiger partial charge in [-0.2, -0.15) is 0 Å². The van der Waals surface area contributed by atoms with Crippen LogP contribution in [-0.4, -0.2) is 0 Å². The van der Waals surface area contributed by atoms with Crippen molar-refractivity contribution in [2.45, 2.75) is 5.41 Å². The van der Waals surface area contributed by atoms with Gasteiger partial charge in [-0.15, -0.1) is 0 Å². The first-order chi connectivity index (χ1) is 61.9. The van der Waals surface area contributed by atoms with Crippen LogP contribution in [0.5, 0.6) is 46.0 Å². The molecule has 0 bridgehead atoms. The van der Waals surface area contributed by atoms with Gasteiger partial charge in [-0.1, -0.05) is 315 Å². The topological polar surface area (TPSA) is 49.9 Å². The average Bonchev–Trinajstić information content (AvgIpc) is 1.54. The second-order valence-corrected chi connectivity index (χ2v) is 32.2. The Morgan fingerprint density at radius 2 is 0.536 bits per heavy atom. The highest BCUT2D eigenvalue weighted by atomic mass is 16.5. The molecule has 1 aliphatic carbocycles. The largest absolute Gasteiger partial charge is 0.453 e. The van der Waals surface area contributed by atoms with Crippen molar-refractivity contribution in [3.63, 3.8) is 0 Å². The van der Waals surface area contributed by atoms with Crippen LogP contribution in [-0.2, 0) is 5.41 Å². The summed E-state index contributed by atoms with van der Waals surface area (Å²) < 4.78 is 26.7. The Morgan fingerprint density at radius 1 is 0.192 bits per heavy atom. The minimum atomic E-state index is -0.554. The van der Waals surface area contributed by atoms with Crippen molar-refractivity contribution in [3.05, 3.63) is 483 Å². The third-order valence-electron chi connectivity index (χ3n) is 25.1. The van der Waals surface area contributed by atoms with Crippen molar-refractivity contribution < 1.29 is 18.9 Å². The Balaban J connectivity index is 0.000000145. The molecule has 0 saturated carbocycles. The highest BCUT2D eigenvalue weighted by Crippen LogP contribution is 2.64. The molecule has 8 heteroatoms. The molecule has 0 amide bonds. The van der Waals surface area contributed by atoms with Gasteiger partial charge >= 0.3 is 0 Å². The zero-order valence-corrected chi connectivity index (χ0v) is 67.8. The summed E-state index contributed by atoms with van der Waals surface area (Å²) in [5.41, 5.74) is 30.2. The fourth-order valence-electron chi connectivity index (χ4n) is 19.4. The van der Waals surface area contributed by atoms with Gasteiger partial charge in [0.1, 0.15) is 11.4 Å². The van der Waals surface area contributed by atoms with Crippen molar-refractivity contribution in [3.8, 4) is 113 Å². The molecule has 4 aliphatic heterocycles. The zero-order valence-electron chi connectivity index (χ0n) is 67.8. The monoisotopic (exact) mass is 1600 g/mol. The molecule has 0 aromatic heterocycles. The summed E-state index contributed by atoms with van der Waals surface area (Å²) in [6, 6.07) is 165. The summed E-state index contributed by atoms with van der Waals surface area (Å²) in [6.07, 6.45) is 0. The molecule has 20 aromatic carbocycles. The Morgan fingerprint density at radius 3 is 1.04 bits per heavy atom. The number of nitrogens with zero attached hydrogens (tertiary/aromatic N) is 4. The van der Waals surface area contributed by atoms with Crippen molar-refractivity contribution in [2.75, 3.05) is 19.6 Å². The molecule has 5 aliphatic rings. The SMILES string of the molecule is c1ccc(-c2ccc(N(c3cccc(-c4cc5c6c(c4)Oc4ccccc4N6c4ccccc4O5)c3)c3cc4ccccc4c4ccccc34)cc2)cc1.c1ccc(-c2cccc(-c3ccc(N(c4cccc(-c5cc6c7c(c5)Oc5ccccc5N7c5ccccc5O6)c4)c4ccc5c(c4)C(c4ccccc4)(c4ccccc4)c4ccccc4-5)cc3)c2)cc1. The first-order valence-electron chi connectivity index (χ1n) is 42.5. The van der Waals surface area contributed by atoms with Crippen LogP contribution >= 0.6 is 0 Å². The smallest absolute Gasteiger partial charge is 0.156 e. The highest BCUT2D eigenvalue weighted by Gasteiger charge is 2.47. The minimum absolute atomic E-state index is 0.554. The molecule has 0 unspecified atom stereocenters. The van der Waals surface area contributed by atoms with Crippen molar-refractivity contribution >= 4 is 89.8 Å². The Hall–Kier alpha value is -16.7. The molecule has 4 heterocycles. The van der Waals surface area contributed by atoms with Crippen LogP contribution in [0.2, 0.25) is 0 Å². The van der Waals surface area contributed by atoms with Gasteiger partial charge in [-0.25, -0.2) is 0 Å². The maximum absolute atomic E-state index is 6.73. The molecule has 0 radical (unpaired) electrons. The molecule has 0 fully saturated rings. The number of benzene rings is 20. The van der Waals surface area contributed by atoms with E-state index in [1.807, 2.05) is 60.7 Å². The maximum Gasteiger partial charge on any atom is 0.156 e. The average molecular weight is 1600 g/mol. The fourth-order valence-corrected chi connectivity index (χ4v) is 19.4. The first kappa shape index (κ1) is 72.3. The number of anilines is 12. The summed E-state index contributed by atoms with van der Waals surface area (Å²) in [5, 5.41) is 4.85. The number of rotatable bonds is 13. The van der Waals surface area contributed by atoms with Gasteiger partial charge in [-0.3, -0.25) is 9.80 Å². The van der Waals surface area contributed by atoms with Crippen LogP contribution in [0.25, 0.3) is 88.3 Å². The second-order valence-electron chi connectivity index (χ2n) is 32.2. The molecule has 0 saturated heterocycles. The highest BCUT2D eigenvalue weighted by molar-refractivity contribution is 6.15. The lowest BCUT2D eigenvalue weighted by atomic mass is 9.67. The Kier molecular flexibility index (Phi) is 17.3. The zero-order chi connectivity index (χ0) is 82.5. The molecule has 125 heavy (non-hydrogen) atoms. The second kappa shape index (κ2) is 29.9. The third-order valence-corrected chi connectivity index (χ3v) is 25.1. The molecule has 20 aromatic rings. The number of para-hydroxylation sites is 8. The standard InChI is InChI=1S/C67H44N2O2.C50H32N2O2/c1-4-18-45(19-5-1)47-20-16-21-48(40-47)46-34-36-53(37-35-46)68(55-38-39-57-56-28-10-11-29-58(56)67(59(57)44-55,51-23-6-2-7-24-51)52-25-8-3-9-26-52)54-27-17-22-49(41-54)50-42-64-66-65(43-50)71-63-33-15-13-31-61(63)69(66)60-30-12-14-32-62(60)70-64;1-2-13-33(14-3-1)34-25-27-38(28-26-34)51(45-30-36-15-4-5-18-40(36)41-19-6-7-20-42(41)45)39-17-12-16-35(29-39)37-31-48-50-49(32-37)54-47-24-11-9-22-44(47)52(50)43-21-8-10-23-46(43)53-48/h1-44H;1-32H. The summed E-state index contributed by atoms with van der Waals surface area (Å²) in [6.45, 7) is 0.